The molecule has 0 bridgehead atoms. The average molecular weight is 298 g/mol. The van der Waals surface area contributed by atoms with E-state index in [0.717, 1.165) is 31.7 Å². The van der Waals surface area contributed by atoms with Crippen molar-refractivity contribution in [2.75, 3.05) is 32.2 Å². The normalized spacial score (nSPS) is 19.7. The summed E-state index contributed by atoms with van der Waals surface area (Å²) in [7, 11) is 1.58. The standard InChI is InChI=1S/C14H20ClN3O2/c1-19-13-5-4-11(7-12(13)15)18-14(16)17-8-10-3-2-6-20-9-10/h4-5,7,10H,2-3,6,8-9H2,1H3,(H3,16,17,18). The molecule has 6 heteroatoms. The monoisotopic (exact) mass is 297 g/mol. The summed E-state index contributed by atoms with van der Waals surface area (Å²) >= 11 is 6.05. The highest BCUT2D eigenvalue weighted by atomic mass is 35.5. The molecular formula is C14H20ClN3O2. The van der Waals surface area contributed by atoms with Gasteiger partial charge in [-0.15, -0.1) is 0 Å². The van der Waals surface area contributed by atoms with Gasteiger partial charge >= 0.3 is 0 Å². The molecule has 5 nitrogen and oxygen atoms in total. The minimum absolute atomic E-state index is 0.386. The lowest BCUT2D eigenvalue weighted by Crippen LogP contribution is -2.26. The fourth-order valence-electron chi connectivity index (χ4n) is 2.11. The number of ether oxygens (including phenoxy) is 2. The summed E-state index contributed by atoms with van der Waals surface area (Å²) in [6.45, 7) is 2.31. The average Bonchev–Trinajstić information content (AvgIpc) is 2.46. The number of hydrogen-bond donors (Lipinski definition) is 2. The first-order chi connectivity index (χ1) is 9.69. The molecule has 0 aromatic heterocycles. The number of nitrogens with two attached hydrogens (primary N) is 1. The molecule has 110 valence electrons. The predicted octanol–water partition coefficient (Wildman–Crippen LogP) is 2.50. The number of anilines is 1. The zero-order chi connectivity index (χ0) is 14.4. The fourth-order valence-corrected chi connectivity index (χ4v) is 2.37. The van der Waals surface area contributed by atoms with E-state index in [-0.39, 0.29) is 0 Å². The summed E-state index contributed by atoms with van der Waals surface area (Å²) in [5.41, 5.74) is 6.66. The van der Waals surface area contributed by atoms with E-state index >= 15 is 0 Å². The molecule has 0 aliphatic carbocycles. The van der Waals surface area contributed by atoms with Crippen LogP contribution in [-0.2, 0) is 4.74 Å². The van der Waals surface area contributed by atoms with E-state index in [1.54, 1.807) is 19.2 Å². The van der Waals surface area contributed by atoms with Crippen LogP contribution < -0.4 is 15.8 Å². The topological polar surface area (TPSA) is 68.9 Å². The van der Waals surface area contributed by atoms with E-state index in [0.29, 0.717) is 29.2 Å². The molecular weight excluding hydrogens is 278 g/mol. The van der Waals surface area contributed by atoms with Gasteiger partial charge in [-0.25, -0.2) is 0 Å². The van der Waals surface area contributed by atoms with Crippen LogP contribution in [0.15, 0.2) is 23.2 Å². The van der Waals surface area contributed by atoms with Crippen molar-refractivity contribution < 1.29 is 9.47 Å². The molecule has 20 heavy (non-hydrogen) atoms. The Morgan fingerprint density at radius 3 is 3.10 bits per heavy atom. The summed E-state index contributed by atoms with van der Waals surface area (Å²) in [6, 6.07) is 5.39. The van der Waals surface area contributed by atoms with Gasteiger partial charge in [0, 0.05) is 24.8 Å². The molecule has 1 unspecified atom stereocenters. The SMILES string of the molecule is COc1ccc(NC(N)=NCC2CCCOC2)cc1Cl. The van der Waals surface area contributed by atoms with Gasteiger partial charge in [-0.1, -0.05) is 11.6 Å². The maximum Gasteiger partial charge on any atom is 0.193 e. The van der Waals surface area contributed by atoms with Gasteiger partial charge in [-0.05, 0) is 31.0 Å². The summed E-state index contributed by atoms with van der Waals surface area (Å²) in [4.78, 5) is 4.34. The molecule has 0 amide bonds. The number of nitrogens with zero attached hydrogens (tertiary/aromatic N) is 1. The second-order valence-electron chi connectivity index (χ2n) is 4.78. The Balaban J connectivity index is 1.89. The number of halogens is 1. The largest absolute Gasteiger partial charge is 0.495 e. The third-order valence-electron chi connectivity index (χ3n) is 3.20. The van der Waals surface area contributed by atoms with Gasteiger partial charge in [-0.3, -0.25) is 4.99 Å². The van der Waals surface area contributed by atoms with E-state index in [2.05, 4.69) is 10.3 Å². The maximum absolute atomic E-state index is 6.05. The lowest BCUT2D eigenvalue weighted by Gasteiger charge is -2.20. The molecule has 0 saturated carbocycles. The van der Waals surface area contributed by atoms with Gasteiger partial charge in [0.2, 0.25) is 0 Å². The summed E-state index contributed by atoms with van der Waals surface area (Å²) in [5.74, 6) is 1.48. The third-order valence-corrected chi connectivity index (χ3v) is 3.49. The number of benzene rings is 1. The Kier molecular flexibility index (Phi) is 5.49. The zero-order valence-corrected chi connectivity index (χ0v) is 12.3. The van der Waals surface area contributed by atoms with Crippen molar-refractivity contribution in [3.8, 4) is 5.75 Å². The van der Waals surface area contributed by atoms with Crippen LogP contribution >= 0.6 is 11.6 Å². The first kappa shape index (κ1) is 14.9. The summed E-state index contributed by atoms with van der Waals surface area (Å²) in [6.07, 6.45) is 2.24. The van der Waals surface area contributed by atoms with Gasteiger partial charge in [0.15, 0.2) is 5.96 Å². The fraction of sp³-hybridized carbons (Fsp3) is 0.500. The van der Waals surface area contributed by atoms with Crippen molar-refractivity contribution in [2.24, 2.45) is 16.6 Å². The van der Waals surface area contributed by atoms with Gasteiger partial charge in [0.05, 0.1) is 18.7 Å². The van der Waals surface area contributed by atoms with E-state index in [4.69, 9.17) is 26.8 Å². The molecule has 1 aromatic rings. The van der Waals surface area contributed by atoms with Crippen molar-refractivity contribution in [3.63, 3.8) is 0 Å². The van der Waals surface area contributed by atoms with Gasteiger partial charge in [-0.2, -0.15) is 0 Å². The van der Waals surface area contributed by atoms with Crippen molar-refractivity contribution in [2.45, 2.75) is 12.8 Å². The molecule has 1 aromatic carbocycles. The van der Waals surface area contributed by atoms with Crippen LogP contribution in [0.5, 0.6) is 5.75 Å². The van der Waals surface area contributed by atoms with E-state index in [1.807, 2.05) is 6.07 Å². The minimum atomic E-state index is 0.386. The Morgan fingerprint density at radius 1 is 1.60 bits per heavy atom. The first-order valence-electron chi connectivity index (χ1n) is 6.67. The molecule has 1 atom stereocenters. The van der Waals surface area contributed by atoms with Gasteiger partial charge in [0.1, 0.15) is 5.75 Å². The summed E-state index contributed by atoms with van der Waals surface area (Å²) < 4.78 is 10.5. The predicted molar refractivity (Wildman–Crippen MR) is 81.7 cm³/mol. The summed E-state index contributed by atoms with van der Waals surface area (Å²) in [5, 5.41) is 3.55. The third kappa shape index (κ3) is 4.28. The van der Waals surface area contributed by atoms with E-state index < -0.39 is 0 Å². The van der Waals surface area contributed by atoms with E-state index in [9.17, 15) is 0 Å². The molecule has 0 spiro atoms. The van der Waals surface area contributed by atoms with Crippen LogP contribution in [-0.4, -0.2) is 32.8 Å². The Bertz CT molecular complexity index is 473. The number of nitrogens with one attached hydrogen (secondary N) is 1. The van der Waals surface area contributed by atoms with Crippen LogP contribution in [0.2, 0.25) is 5.02 Å². The number of hydrogen-bond acceptors (Lipinski definition) is 3. The molecule has 1 fully saturated rings. The number of rotatable bonds is 4. The number of aliphatic imine (C=N–C) groups is 1. The molecule has 1 aliphatic heterocycles. The van der Waals surface area contributed by atoms with E-state index in [1.165, 1.54) is 0 Å². The van der Waals surface area contributed by atoms with Crippen LogP contribution in [0.25, 0.3) is 0 Å². The second kappa shape index (κ2) is 7.36. The number of methoxy groups -OCH3 is 1. The lowest BCUT2D eigenvalue weighted by atomic mass is 10.0. The minimum Gasteiger partial charge on any atom is -0.495 e. The van der Waals surface area contributed by atoms with Crippen LogP contribution in [0.4, 0.5) is 5.69 Å². The molecule has 3 N–H and O–H groups in total. The zero-order valence-electron chi connectivity index (χ0n) is 11.6. The molecule has 1 saturated heterocycles. The smallest absolute Gasteiger partial charge is 0.193 e. The second-order valence-corrected chi connectivity index (χ2v) is 5.19. The highest BCUT2D eigenvalue weighted by molar-refractivity contribution is 6.32. The first-order valence-corrected chi connectivity index (χ1v) is 7.05. The van der Waals surface area contributed by atoms with Crippen LogP contribution in [0.1, 0.15) is 12.8 Å². The Hall–Kier alpha value is -1.46. The maximum atomic E-state index is 6.05. The van der Waals surface area contributed by atoms with Gasteiger partial charge < -0.3 is 20.5 Å². The quantitative estimate of drug-likeness (QED) is 0.662. The lowest BCUT2D eigenvalue weighted by molar-refractivity contribution is 0.0582. The Labute approximate surface area is 124 Å². The highest BCUT2D eigenvalue weighted by Gasteiger charge is 2.13. The van der Waals surface area contributed by atoms with Crippen LogP contribution in [0, 0.1) is 5.92 Å². The molecule has 1 heterocycles. The van der Waals surface area contributed by atoms with Crippen molar-refractivity contribution in [3.05, 3.63) is 23.2 Å². The molecule has 1 aliphatic rings. The van der Waals surface area contributed by atoms with Crippen molar-refractivity contribution >= 4 is 23.2 Å². The van der Waals surface area contributed by atoms with Crippen molar-refractivity contribution in [1.29, 1.82) is 0 Å². The number of guanidine groups is 1. The van der Waals surface area contributed by atoms with Gasteiger partial charge in [0.25, 0.3) is 0 Å². The molecule has 2 rings (SSSR count). The molecule has 0 radical (unpaired) electrons. The Morgan fingerprint density at radius 2 is 2.45 bits per heavy atom. The van der Waals surface area contributed by atoms with Crippen LogP contribution in [0.3, 0.4) is 0 Å². The highest BCUT2D eigenvalue weighted by Crippen LogP contribution is 2.27. The van der Waals surface area contributed by atoms with Crippen molar-refractivity contribution in [1.82, 2.24) is 0 Å².